The Morgan fingerprint density at radius 2 is 2.15 bits per heavy atom. The van der Waals surface area contributed by atoms with Crippen LogP contribution >= 0.6 is 0 Å². The zero-order chi connectivity index (χ0) is 14.3. The first-order valence-corrected chi connectivity index (χ1v) is 6.44. The minimum atomic E-state index is -1.03. The second-order valence-electron chi connectivity index (χ2n) is 5.36. The number of hydrogen-bond acceptors (Lipinski definition) is 8. The van der Waals surface area contributed by atoms with Crippen molar-refractivity contribution in [2.75, 3.05) is 7.11 Å². The number of methoxy groups -OCH3 is 1. The SMILES string of the molecule is CO[C@H](Cc1nn[nH]n1)[C@H]1OC(O)[C@@H]2OC(C)(C)O[C@H]12. The zero-order valence-corrected chi connectivity index (χ0v) is 11.5. The number of ether oxygens (including phenoxy) is 4. The van der Waals surface area contributed by atoms with E-state index < -0.39 is 30.4 Å². The standard InChI is InChI=1S/C11H18N4O5/c1-11(2)19-8-7(18-10(16)9(8)20-11)5(17-3)4-6-12-14-15-13-6/h5,7-10,16H,4H2,1-3H3,(H,12,13,14,15)/t5-,7-,8-,9-,10?/m1/s1. The van der Waals surface area contributed by atoms with E-state index in [-0.39, 0.29) is 6.10 Å². The molecule has 1 aromatic heterocycles. The van der Waals surface area contributed by atoms with Crippen molar-refractivity contribution in [2.24, 2.45) is 0 Å². The Balaban J connectivity index is 1.75. The van der Waals surface area contributed by atoms with Crippen LogP contribution in [-0.4, -0.2) is 69.3 Å². The largest absolute Gasteiger partial charge is 0.378 e. The highest BCUT2D eigenvalue weighted by Gasteiger charge is 2.57. The quantitative estimate of drug-likeness (QED) is 0.724. The van der Waals surface area contributed by atoms with Crippen LogP contribution in [0.2, 0.25) is 0 Å². The number of aromatic amines is 1. The molecule has 0 radical (unpaired) electrons. The molecule has 0 bridgehead atoms. The highest BCUT2D eigenvalue weighted by atomic mass is 16.8. The van der Waals surface area contributed by atoms with Crippen molar-refractivity contribution < 1.29 is 24.1 Å². The topological polar surface area (TPSA) is 112 Å². The number of aromatic nitrogens is 4. The third kappa shape index (κ3) is 2.42. The Morgan fingerprint density at radius 1 is 1.40 bits per heavy atom. The van der Waals surface area contributed by atoms with E-state index in [4.69, 9.17) is 18.9 Å². The van der Waals surface area contributed by atoms with Gasteiger partial charge in [-0.2, -0.15) is 5.21 Å². The smallest absolute Gasteiger partial charge is 0.184 e. The Labute approximate surface area is 115 Å². The minimum absolute atomic E-state index is 0.366. The molecule has 20 heavy (non-hydrogen) atoms. The van der Waals surface area contributed by atoms with Crippen molar-refractivity contribution in [2.45, 2.75) is 56.8 Å². The zero-order valence-electron chi connectivity index (χ0n) is 11.5. The second kappa shape index (κ2) is 5.01. The van der Waals surface area contributed by atoms with Crippen LogP contribution in [-0.2, 0) is 25.4 Å². The molecule has 2 fully saturated rings. The molecule has 1 aromatic rings. The molecule has 3 heterocycles. The van der Waals surface area contributed by atoms with Crippen LogP contribution in [0.15, 0.2) is 0 Å². The van der Waals surface area contributed by atoms with Gasteiger partial charge in [0, 0.05) is 13.5 Å². The molecule has 3 rings (SSSR count). The first kappa shape index (κ1) is 13.8. The van der Waals surface area contributed by atoms with E-state index in [0.717, 1.165) is 0 Å². The molecule has 1 unspecified atom stereocenters. The van der Waals surface area contributed by atoms with Crippen LogP contribution in [0, 0.1) is 0 Å². The summed E-state index contributed by atoms with van der Waals surface area (Å²) < 4.78 is 22.4. The minimum Gasteiger partial charge on any atom is -0.378 e. The van der Waals surface area contributed by atoms with Gasteiger partial charge >= 0.3 is 0 Å². The fraction of sp³-hybridized carbons (Fsp3) is 0.909. The number of aliphatic hydroxyl groups is 1. The van der Waals surface area contributed by atoms with Crippen molar-refractivity contribution in [1.29, 1.82) is 0 Å². The number of H-pyrrole nitrogens is 1. The highest BCUT2D eigenvalue weighted by Crippen LogP contribution is 2.39. The van der Waals surface area contributed by atoms with Gasteiger partial charge < -0.3 is 24.1 Å². The maximum absolute atomic E-state index is 9.94. The van der Waals surface area contributed by atoms with E-state index in [0.29, 0.717) is 12.2 Å². The predicted octanol–water partition coefficient (Wildman–Crippen LogP) is -1.01. The molecule has 9 nitrogen and oxygen atoms in total. The fourth-order valence-corrected chi connectivity index (χ4v) is 2.69. The molecule has 0 aromatic carbocycles. The molecule has 2 aliphatic heterocycles. The normalized spacial score (nSPS) is 37.0. The summed E-state index contributed by atoms with van der Waals surface area (Å²) in [5, 5.41) is 23.6. The van der Waals surface area contributed by atoms with Crippen molar-refractivity contribution in [1.82, 2.24) is 20.6 Å². The summed E-state index contributed by atoms with van der Waals surface area (Å²) in [6.45, 7) is 3.60. The molecule has 2 saturated heterocycles. The molecule has 2 N–H and O–H groups in total. The van der Waals surface area contributed by atoms with Crippen molar-refractivity contribution in [3.8, 4) is 0 Å². The number of nitrogens with one attached hydrogen (secondary N) is 1. The van der Waals surface area contributed by atoms with E-state index in [2.05, 4.69) is 20.6 Å². The molecule has 0 saturated carbocycles. The second-order valence-corrected chi connectivity index (χ2v) is 5.36. The van der Waals surface area contributed by atoms with Crippen LogP contribution < -0.4 is 0 Å². The van der Waals surface area contributed by atoms with Crippen LogP contribution in [0.1, 0.15) is 19.7 Å². The number of tetrazole rings is 1. The molecule has 0 amide bonds. The monoisotopic (exact) mass is 286 g/mol. The van der Waals surface area contributed by atoms with E-state index in [1.54, 1.807) is 21.0 Å². The van der Waals surface area contributed by atoms with Gasteiger partial charge in [-0.1, -0.05) is 5.21 Å². The number of nitrogens with zero attached hydrogens (tertiary/aromatic N) is 3. The van der Waals surface area contributed by atoms with Crippen LogP contribution in [0.3, 0.4) is 0 Å². The highest BCUT2D eigenvalue weighted by molar-refractivity contribution is 4.99. The van der Waals surface area contributed by atoms with Gasteiger partial charge in [-0.15, -0.1) is 10.2 Å². The van der Waals surface area contributed by atoms with Gasteiger partial charge in [0.2, 0.25) is 0 Å². The van der Waals surface area contributed by atoms with E-state index in [1.165, 1.54) is 0 Å². The Bertz CT molecular complexity index is 454. The Hall–Kier alpha value is -1.13. The molecule has 2 aliphatic rings. The van der Waals surface area contributed by atoms with Crippen molar-refractivity contribution in [3.63, 3.8) is 0 Å². The summed E-state index contributed by atoms with van der Waals surface area (Å²) in [7, 11) is 1.56. The molecule has 0 aliphatic carbocycles. The predicted molar refractivity (Wildman–Crippen MR) is 63.4 cm³/mol. The lowest BCUT2D eigenvalue weighted by Crippen LogP contribution is -2.41. The number of hydrogen-bond donors (Lipinski definition) is 2. The summed E-state index contributed by atoms with van der Waals surface area (Å²) in [6, 6.07) is 0. The Kier molecular flexibility index (Phi) is 3.46. The fourth-order valence-electron chi connectivity index (χ4n) is 2.69. The van der Waals surface area contributed by atoms with Gasteiger partial charge in [0.25, 0.3) is 0 Å². The van der Waals surface area contributed by atoms with Crippen LogP contribution in [0.5, 0.6) is 0 Å². The van der Waals surface area contributed by atoms with Gasteiger partial charge in [0.1, 0.15) is 18.3 Å². The van der Waals surface area contributed by atoms with Crippen LogP contribution in [0.25, 0.3) is 0 Å². The summed E-state index contributed by atoms with van der Waals surface area (Å²) in [5.74, 6) is -0.237. The van der Waals surface area contributed by atoms with Gasteiger partial charge in [-0.3, -0.25) is 0 Å². The maximum Gasteiger partial charge on any atom is 0.184 e. The first-order valence-electron chi connectivity index (χ1n) is 6.44. The Morgan fingerprint density at radius 3 is 2.80 bits per heavy atom. The number of aliphatic hydroxyl groups excluding tert-OH is 1. The lowest BCUT2D eigenvalue weighted by molar-refractivity contribution is -0.231. The van der Waals surface area contributed by atoms with E-state index in [9.17, 15) is 5.11 Å². The van der Waals surface area contributed by atoms with E-state index in [1.807, 2.05) is 0 Å². The van der Waals surface area contributed by atoms with Crippen molar-refractivity contribution in [3.05, 3.63) is 5.82 Å². The molecular formula is C11H18N4O5. The van der Waals surface area contributed by atoms with Gasteiger partial charge in [0.05, 0.1) is 6.10 Å². The van der Waals surface area contributed by atoms with Crippen molar-refractivity contribution >= 4 is 0 Å². The first-order chi connectivity index (χ1) is 9.50. The lowest BCUT2D eigenvalue weighted by Gasteiger charge is -2.26. The maximum atomic E-state index is 9.94. The third-order valence-corrected chi connectivity index (χ3v) is 3.51. The average Bonchev–Trinajstić information content (AvgIpc) is 3.05. The molecular weight excluding hydrogens is 268 g/mol. The van der Waals surface area contributed by atoms with Gasteiger partial charge in [0.15, 0.2) is 17.9 Å². The summed E-state index contributed by atoms with van der Waals surface area (Å²) in [4.78, 5) is 0. The molecule has 9 heteroatoms. The molecule has 0 spiro atoms. The summed E-state index contributed by atoms with van der Waals surface area (Å²) in [6.07, 6.45) is -2.36. The molecule has 5 atom stereocenters. The summed E-state index contributed by atoms with van der Waals surface area (Å²) >= 11 is 0. The number of fused-ring (bicyclic) bond motifs is 1. The average molecular weight is 286 g/mol. The van der Waals surface area contributed by atoms with Gasteiger partial charge in [-0.05, 0) is 13.8 Å². The van der Waals surface area contributed by atoms with E-state index >= 15 is 0 Å². The lowest BCUT2D eigenvalue weighted by atomic mass is 10.0. The van der Waals surface area contributed by atoms with Gasteiger partial charge in [-0.25, -0.2) is 0 Å². The third-order valence-electron chi connectivity index (χ3n) is 3.51. The number of rotatable bonds is 4. The summed E-state index contributed by atoms with van der Waals surface area (Å²) in [5.41, 5.74) is 0. The molecule has 112 valence electrons. The van der Waals surface area contributed by atoms with Crippen LogP contribution in [0.4, 0.5) is 0 Å².